The van der Waals surface area contributed by atoms with E-state index >= 15 is 0 Å². The van der Waals surface area contributed by atoms with E-state index in [-0.39, 0.29) is 12.0 Å². The van der Waals surface area contributed by atoms with Gasteiger partial charge in [-0.3, -0.25) is 4.79 Å². The number of ether oxygens (including phenoxy) is 2. The van der Waals surface area contributed by atoms with E-state index in [1.165, 1.54) is 0 Å². The molecule has 5 heteroatoms. The van der Waals surface area contributed by atoms with Gasteiger partial charge >= 0.3 is 5.97 Å². The van der Waals surface area contributed by atoms with Gasteiger partial charge in [-0.25, -0.2) is 0 Å². The van der Waals surface area contributed by atoms with Crippen molar-refractivity contribution in [1.29, 1.82) is 0 Å². The van der Waals surface area contributed by atoms with Crippen molar-refractivity contribution >= 4 is 16.7 Å². The van der Waals surface area contributed by atoms with Gasteiger partial charge in [-0.2, -0.15) is 0 Å². The minimum atomic E-state index is -0.545. The molecule has 3 rings (SSSR count). The van der Waals surface area contributed by atoms with Crippen LogP contribution in [0.15, 0.2) is 36.4 Å². The number of aliphatic hydroxyl groups excluding tert-OH is 1. The van der Waals surface area contributed by atoms with Gasteiger partial charge in [-0.1, -0.05) is 37.5 Å². The zero-order valence-electron chi connectivity index (χ0n) is 18.7. The lowest BCUT2D eigenvalue weighted by Gasteiger charge is -2.34. The van der Waals surface area contributed by atoms with E-state index in [0.29, 0.717) is 13.2 Å². The van der Waals surface area contributed by atoms with Gasteiger partial charge in [-0.05, 0) is 75.3 Å². The van der Waals surface area contributed by atoms with Gasteiger partial charge in [0.15, 0.2) is 0 Å². The first-order chi connectivity index (χ1) is 14.4. The van der Waals surface area contributed by atoms with Gasteiger partial charge in [0.1, 0.15) is 17.8 Å². The summed E-state index contributed by atoms with van der Waals surface area (Å²) in [6.07, 6.45) is 4.34. The summed E-state index contributed by atoms with van der Waals surface area (Å²) in [4.78, 5) is 14.6. The number of nitrogens with zero attached hydrogens (tertiary/aromatic N) is 1. The maximum Gasteiger partial charge on any atom is 0.315 e. The lowest BCUT2D eigenvalue weighted by molar-refractivity contribution is -0.159. The molecule has 0 aromatic heterocycles. The molecule has 1 N–H and O–H groups in total. The summed E-state index contributed by atoms with van der Waals surface area (Å²) in [5.41, 5.74) is 0.375. The van der Waals surface area contributed by atoms with Crippen molar-refractivity contribution < 1.29 is 19.4 Å². The van der Waals surface area contributed by atoms with Crippen LogP contribution in [-0.4, -0.2) is 49.3 Å². The quantitative estimate of drug-likeness (QED) is 0.635. The molecule has 0 radical (unpaired) electrons. The zero-order chi connectivity index (χ0) is 21.7. The Morgan fingerprint density at radius 3 is 2.43 bits per heavy atom. The van der Waals surface area contributed by atoms with Crippen LogP contribution in [0.1, 0.15) is 57.6 Å². The fourth-order valence-corrected chi connectivity index (χ4v) is 4.22. The summed E-state index contributed by atoms with van der Waals surface area (Å²) in [6.45, 7) is 4.62. The Kier molecular flexibility index (Phi) is 7.37. The Morgan fingerprint density at radius 2 is 1.77 bits per heavy atom. The molecule has 5 nitrogen and oxygen atoms in total. The first kappa shape index (κ1) is 22.6. The van der Waals surface area contributed by atoms with Crippen molar-refractivity contribution in [1.82, 2.24) is 4.90 Å². The van der Waals surface area contributed by atoms with Crippen LogP contribution in [0.25, 0.3) is 10.8 Å². The molecule has 0 heterocycles. The summed E-state index contributed by atoms with van der Waals surface area (Å²) < 4.78 is 11.5. The molecule has 2 unspecified atom stereocenters. The maximum absolute atomic E-state index is 12.6. The minimum absolute atomic E-state index is 0.0274. The van der Waals surface area contributed by atoms with E-state index in [0.717, 1.165) is 54.2 Å². The predicted octanol–water partition coefficient (Wildman–Crippen LogP) is 4.72. The second-order valence-corrected chi connectivity index (χ2v) is 8.77. The number of benzene rings is 2. The Bertz CT molecular complexity index is 857. The van der Waals surface area contributed by atoms with E-state index in [4.69, 9.17) is 9.47 Å². The van der Waals surface area contributed by atoms with Crippen molar-refractivity contribution in [2.45, 2.75) is 58.1 Å². The lowest BCUT2D eigenvalue weighted by atomic mass is 9.74. The highest BCUT2D eigenvalue weighted by Crippen LogP contribution is 2.38. The smallest absolute Gasteiger partial charge is 0.315 e. The van der Waals surface area contributed by atoms with Crippen LogP contribution in [0.5, 0.6) is 5.75 Å². The summed E-state index contributed by atoms with van der Waals surface area (Å²) in [5, 5.41) is 12.7. The zero-order valence-corrected chi connectivity index (χ0v) is 18.7. The monoisotopic (exact) mass is 413 g/mol. The molecular formula is C25H35NO4. The highest BCUT2D eigenvalue weighted by Gasteiger charge is 2.41. The third-order valence-corrected chi connectivity index (χ3v) is 6.48. The molecule has 30 heavy (non-hydrogen) atoms. The van der Waals surface area contributed by atoms with Crippen LogP contribution in [0.3, 0.4) is 0 Å². The molecule has 0 amide bonds. The van der Waals surface area contributed by atoms with Crippen LogP contribution < -0.4 is 4.74 Å². The van der Waals surface area contributed by atoms with Gasteiger partial charge in [0.25, 0.3) is 0 Å². The average Bonchev–Trinajstić information content (AvgIpc) is 2.77. The average molecular weight is 414 g/mol. The van der Waals surface area contributed by atoms with Crippen molar-refractivity contribution in [2.24, 2.45) is 5.41 Å². The molecule has 1 saturated carbocycles. The molecule has 0 bridgehead atoms. The highest BCUT2D eigenvalue weighted by atomic mass is 16.5. The number of hydrogen-bond acceptors (Lipinski definition) is 5. The number of carbonyl (C=O) groups excluding carboxylic acids is 1. The molecule has 2 aromatic carbocycles. The van der Waals surface area contributed by atoms with E-state index in [1.54, 1.807) is 0 Å². The SMILES string of the molecule is CCOC(=O)C1(COc2ccc3cc(C(O)C(C)N(C)C)ccc3c2)CCCCC1. The van der Waals surface area contributed by atoms with E-state index in [1.807, 2.05) is 69.2 Å². The van der Waals surface area contributed by atoms with Crippen molar-refractivity contribution in [2.75, 3.05) is 27.3 Å². The molecule has 164 valence electrons. The van der Waals surface area contributed by atoms with E-state index < -0.39 is 11.5 Å². The topological polar surface area (TPSA) is 59.0 Å². The van der Waals surface area contributed by atoms with Gasteiger partial charge in [0, 0.05) is 6.04 Å². The third-order valence-electron chi connectivity index (χ3n) is 6.48. The number of hydrogen-bond donors (Lipinski definition) is 1. The lowest BCUT2D eigenvalue weighted by Crippen LogP contribution is -2.40. The highest BCUT2D eigenvalue weighted by molar-refractivity contribution is 5.84. The second kappa shape index (κ2) is 9.80. The molecule has 1 fully saturated rings. The summed E-state index contributed by atoms with van der Waals surface area (Å²) >= 11 is 0. The standard InChI is InChI=1S/C25H35NO4/c1-5-29-24(28)25(13-7-6-8-14-25)17-30-22-12-11-19-15-21(10-9-20(19)16-22)23(27)18(2)26(3)4/h9-12,15-16,18,23,27H,5-8,13-14,17H2,1-4H3. The Morgan fingerprint density at radius 1 is 1.10 bits per heavy atom. The fraction of sp³-hybridized carbons (Fsp3) is 0.560. The van der Waals surface area contributed by atoms with Crippen LogP contribution >= 0.6 is 0 Å². The van der Waals surface area contributed by atoms with E-state index in [9.17, 15) is 9.90 Å². The van der Waals surface area contributed by atoms with Gasteiger partial charge in [-0.15, -0.1) is 0 Å². The first-order valence-electron chi connectivity index (χ1n) is 11.0. The Balaban J connectivity index is 1.75. The number of fused-ring (bicyclic) bond motifs is 1. The fourth-order valence-electron chi connectivity index (χ4n) is 4.22. The molecule has 2 atom stereocenters. The van der Waals surface area contributed by atoms with Gasteiger partial charge in [0.05, 0.1) is 12.7 Å². The summed E-state index contributed by atoms with van der Waals surface area (Å²) in [6, 6.07) is 12.0. The molecule has 1 aliphatic carbocycles. The van der Waals surface area contributed by atoms with Gasteiger partial charge < -0.3 is 19.5 Å². The normalized spacial score (nSPS) is 18.2. The molecule has 0 spiro atoms. The van der Waals surface area contributed by atoms with Gasteiger partial charge in [0.2, 0.25) is 0 Å². The number of rotatable bonds is 8. The van der Waals surface area contributed by atoms with Crippen LogP contribution in [0.4, 0.5) is 0 Å². The van der Waals surface area contributed by atoms with Crippen LogP contribution in [-0.2, 0) is 9.53 Å². The number of likely N-dealkylation sites (N-methyl/N-ethyl adjacent to an activating group) is 1. The van der Waals surface area contributed by atoms with Crippen molar-refractivity contribution in [3.63, 3.8) is 0 Å². The summed E-state index contributed by atoms with van der Waals surface area (Å²) in [7, 11) is 3.93. The second-order valence-electron chi connectivity index (χ2n) is 8.77. The molecule has 0 saturated heterocycles. The Labute approximate surface area is 180 Å². The number of aliphatic hydroxyl groups is 1. The molecule has 1 aliphatic rings. The largest absolute Gasteiger partial charge is 0.492 e. The van der Waals surface area contributed by atoms with E-state index in [2.05, 4.69) is 0 Å². The first-order valence-corrected chi connectivity index (χ1v) is 11.0. The minimum Gasteiger partial charge on any atom is -0.492 e. The third kappa shape index (κ3) is 4.96. The molecule has 2 aromatic rings. The predicted molar refractivity (Wildman–Crippen MR) is 120 cm³/mol. The van der Waals surface area contributed by atoms with Crippen molar-refractivity contribution in [3.8, 4) is 5.75 Å². The van der Waals surface area contributed by atoms with Crippen LogP contribution in [0.2, 0.25) is 0 Å². The maximum atomic E-state index is 12.6. The molecule has 0 aliphatic heterocycles. The number of carbonyl (C=O) groups is 1. The van der Waals surface area contributed by atoms with Crippen molar-refractivity contribution in [3.05, 3.63) is 42.0 Å². The number of esters is 1. The summed E-state index contributed by atoms with van der Waals surface area (Å²) in [5.74, 6) is 0.630. The van der Waals surface area contributed by atoms with Crippen LogP contribution in [0, 0.1) is 5.41 Å². The molecular weight excluding hydrogens is 378 g/mol. The Hall–Kier alpha value is -2.11.